The fourth-order valence-corrected chi connectivity index (χ4v) is 2.35. The first-order valence-corrected chi connectivity index (χ1v) is 7.97. The second kappa shape index (κ2) is 8.20. The molecule has 0 aliphatic carbocycles. The second-order valence-electron chi connectivity index (χ2n) is 5.90. The van der Waals surface area contributed by atoms with Gasteiger partial charge in [-0.05, 0) is 43.7 Å². The summed E-state index contributed by atoms with van der Waals surface area (Å²) in [5, 5.41) is 11.9. The lowest BCUT2D eigenvalue weighted by Crippen LogP contribution is -2.17. The molecule has 0 bridgehead atoms. The van der Waals surface area contributed by atoms with E-state index in [2.05, 4.69) is 5.32 Å². The number of benzene rings is 1. The average molecular weight is 355 g/mol. The van der Waals surface area contributed by atoms with Crippen LogP contribution in [-0.2, 0) is 17.5 Å². The van der Waals surface area contributed by atoms with Crippen LogP contribution in [0.25, 0.3) is 11.3 Å². The molecule has 0 spiro atoms. The van der Waals surface area contributed by atoms with Crippen molar-refractivity contribution in [1.29, 1.82) is 0 Å². The quantitative estimate of drug-likeness (QED) is 0.682. The second-order valence-corrected chi connectivity index (χ2v) is 5.90. The van der Waals surface area contributed by atoms with Crippen molar-refractivity contribution in [3.8, 4) is 11.3 Å². The molecule has 0 radical (unpaired) electrons. The summed E-state index contributed by atoms with van der Waals surface area (Å²) in [5.41, 5.74) is -0.343. The first-order valence-electron chi connectivity index (χ1n) is 7.97. The van der Waals surface area contributed by atoms with Gasteiger partial charge in [-0.25, -0.2) is 0 Å². The Bertz CT molecular complexity index is 710. The summed E-state index contributed by atoms with van der Waals surface area (Å²) in [4.78, 5) is 10.7. The van der Waals surface area contributed by atoms with Gasteiger partial charge in [0.15, 0.2) is 0 Å². The van der Waals surface area contributed by atoms with Gasteiger partial charge in [-0.15, -0.1) is 0 Å². The number of nitrogens with one attached hydrogen (secondary N) is 1. The van der Waals surface area contributed by atoms with Gasteiger partial charge in [0.2, 0.25) is 0 Å². The number of hydrogen-bond donors (Lipinski definition) is 2. The SMILES string of the molecule is CC(CCCNCc1ccc(-c2cccc(C(F)(F)F)c2)o1)C(=O)O. The maximum absolute atomic E-state index is 12.8. The smallest absolute Gasteiger partial charge is 0.416 e. The van der Waals surface area contributed by atoms with Gasteiger partial charge in [0.25, 0.3) is 0 Å². The van der Waals surface area contributed by atoms with Gasteiger partial charge < -0.3 is 14.8 Å². The van der Waals surface area contributed by atoms with E-state index in [9.17, 15) is 18.0 Å². The molecule has 0 aliphatic heterocycles. The molecule has 1 aromatic heterocycles. The number of rotatable bonds is 8. The van der Waals surface area contributed by atoms with E-state index in [-0.39, 0.29) is 5.92 Å². The highest BCUT2D eigenvalue weighted by molar-refractivity contribution is 5.69. The Balaban J connectivity index is 1.87. The van der Waals surface area contributed by atoms with Crippen molar-refractivity contribution in [3.05, 3.63) is 47.7 Å². The predicted molar refractivity (Wildman–Crippen MR) is 86.9 cm³/mol. The van der Waals surface area contributed by atoms with Crippen LogP contribution >= 0.6 is 0 Å². The molecule has 25 heavy (non-hydrogen) atoms. The van der Waals surface area contributed by atoms with Crippen molar-refractivity contribution in [1.82, 2.24) is 5.32 Å². The molecule has 2 rings (SSSR count). The highest BCUT2D eigenvalue weighted by Crippen LogP contribution is 2.32. The number of carbonyl (C=O) groups is 1. The van der Waals surface area contributed by atoms with Crippen LogP contribution < -0.4 is 5.32 Å². The van der Waals surface area contributed by atoms with E-state index in [1.807, 2.05) is 0 Å². The van der Waals surface area contributed by atoms with Gasteiger partial charge in [0.05, 0.1) is 18.0 Å². The standard InChI is InChI=1S/C18H20F3NO3/c1-12(17(23)24)4-3-9-22-11-15-7-8-16(25-15)13-5-2-6-14(10-13)18(19,20)21/h2,5-8,10,12,22H,3-4,9,11H2,1H3,(H,23,24). The largest absolute Gasteiger partial charge is 0.481 e. The summed E-state index contributed by atoms with van der Waals surface area (Å²) < 4.78 is 43.9. The molecule has 1 heterocycles. The lowest BCUT2D eigenvalue weighted by molar-refractivity contribution is -0.141. The summed E-state index contributed by atoms with van der Waals surface area (Å²) in [7, 11) is 0. The van der Waals surface area contributed by atoms with Gasteiger partial charge in [0.1, 0.15) is 11.5 Å². The zero-order valence-corrected chi connectivity index (χ0v) is 13.8. The lowest BCUT2D eigenvalue weighted by atomic mass is 10.1. The number of hydrogen-bond acceptors (Lipinski definition) is 3. The minimum Gasteiger partial charge on any atom is -0.481 e. The third-order valence-electron chi connectivity index (χ3n) is 3.85. The van der Waals surface area contributed by atoms with E-state index in [1.165, 1.54) is 6.07 Å². The molecule has 2 N–H and O–H groups in total. The molecule has 4 nitrogen and oxygen atoms in total. The van der Waals surface area contributed by atoms with Gasteiger partial charge in [-0.3, -0.25) is 4.79 Å². The first kappa shape index (κ1) is 19.1. The Morgan fingerprint density at radius 2 is 2.04 bits per heavy atom. The Morgan fingerprint density at radius 3 is 2.72 bits per heavy atom. The van der Waals surface area contributed by atoms with Gasteiger partial charge in [0, 0.05) is 5.56 Å². The van der Waals surface area contributed by atoms with Crippen LogP contribution in [0.1, 0.15) is 31.1 Å². The molecule has 0 aliphatic rings. The van der Waals surface area contributed by atoms with Crippen molar-refractivity contribution in [2.75, 3.05) is 6.54 Å². The predicted octanol–water partition coefficient (Wildman–Crippen LogP) is 4.56. The molecule has 0 saturated carbocycles. The molecule has 0 amide bonds. The Morgan fingerprint density at radius 1 is 1.28 bits per heavy atom. The number of furan rings is 1. The molecular formula is C18H20F3NO3. The summed E-state index contributed by atoms with van der Waals surface area (Å²) in [6.45, 7) is 2.73. The average Bonchev–Trinajstić information content (AvgIpc) is 3.02. The third kappa shape index (κ3) is 5.63. The van der Waals surface area contributed by atoms with E-state index in [0.29, 0.717) is 43.0 Å². The summed E-state index contributed by atoms with van der Waals surface area (Å²) in [6.07, 6.45) is -3.09. The summed E-state index contributed by atoms with van der Waals surface area (Å²) >= 11 is 0. The summed E-state index contributed by atoms with van der Waals surface area (Å²) in [5.74, 6) is -0.198. The van der Waals surface area contributed by atoms with E-state index in [0.717, 1.165) is 12.1 Å². The van der Waals surface area contributed by atoms with Crippen LogP contribution in [0.5, 0.6) is 0 Å². The number of aliphatic carboxylic acids is 1. The molecule has 1 aromatic carbocycles. The normalized spacial score (nSPS) is 13.0. The van der Waals surface area contributed by atoms with Crippen LogP contribution in [0.3, 0.4) is 0 Å². The van der Waals surface area contributed by atoms with Gasteiger partial charge in [-0.2, -0.15) is 13.2 Å². The van der Waals surface area contributed by atoms with Crippen LogP contribution in [0.2, 0.25) is 0 Å². The van der Waals surface area contributed by atoms with Crippen LogP contribution in [-0.4, -0.2) is 17.6 Å². The fraction of sp³-hybridized carbons (Fsp3) is 0.389. The van der Waals surface area contributed by atoms with E-state index >= 15 is 0 Å². The highest BCUT2D eigenvalue weighted by Gasteiger charge is 2.30. The fourth-order valence-electron chi connectivity index (χ4n) is 2.35. The van der Waals surface area contributed by atoms with Gasteiger partial charge >= 0.3 is 12.1 Å². The van der Waals surface area contributed by atoms with Crippen LogP contribution in [0.15, 0.2) is 40.8 Å². The van der Waals surface area contributed by atoms with E-state index in [1.54, 1.807) is 25.1 Å². The van der Waals surface area contributed by atoms with Crippen molar-refractivity contribution in [3.63, 3.8) is 0 Å². The van der Waals surface area contributed by atoms with Gasteiger partial charge in [-0.1, -0.05) is 19.1 Å². The maximum Gasteiger partial charge on any atom is 0.416 e. The number of alkyl halides is 3. The van der Waals surface area contributed by atoms with Crippen molar-refractivity contribution >= 4 is 5.97 Å². The lowest BCUT2D eigenvalue weighted by Gasteiger charge is -2.07. The molecule has 1 atom stereocenters. The molecule has 136 valence electrons. The zero-order chi connectivity index (χ0) is 18.4. The monoisotopic (exact) mass is 355 g/mol. The summed E-state index contributed by atoms with van der Waals surface area (Å²) in [6, 6.07) is 8.35. The topological polar surface area (TPSA) is 62.5 Å². The highest BCUT2D eigenvalue weighted by atomic mass is 19.4. The van der Waals surface area contributed by atoms with Crippen molar-refractivity contribution in [2.45, 2.75) is 32.5 Å². The van der Waals surface area contributed by atoms with Crippen molar-refractivity contribution in [2.24, 2.45) is 5.92 Å². The minimum atomic E-state index is -4.39. The molecule has 0 fully saturated rings. The Labute approximate surface area is 143 Å². The molecule has 2 aromatic rings. The van der Waals surface area contributed by atoms with Crippen molar-refractivity contribution < 1.29 is 27.5 Å². The van der Waals surface area contributed by atoms with E-state index in [4.69, 9.17) is 9.52 Å². The number of carboxylic acid groups (broad SMARTS) is 1. The van der Waals surface area contributed by atoms with Crippen LogP contribution in [0, 0.1) is 5.92 Å². The first-order chi connectivity index (χ1) is 11.8. The third-order valence-corrected chi connectivity index (χ3v) is 3.85. The maximum atomic E-state index is 12.8. The molecule has 1 unspecified atom stereocenters. The molecule has 7 heteroatoms. The number of halogens is 3. The van der Waals surface area contributed by atoms with E-state index < -0.39 is 17.7 Å². The number of carboxylic acids is 1. The Hall–Kier alpha value is -2.28. The molecule has 0 saturated heterocycles. The Kier molecular flexibility index (Phi) is 6.25. The van der Waals surface area contributed by atoms with Crippen LogP contribution in [0.4, 0.5) is 13.2 Å². The molecular weight excluding hydrogens is 335 g/mol. The minimum absolute atomic E-state index is 0.372. The zero-order valence-electron chi connectivity index (χ0n) is 13.8.